The third-order valence-electron chi connectivity index (χ3n) is 1.99. The van der Waals surface area contributed by atoms with Crippen molar-refractivity contribution in [2.75, 3.05) is 4.72 Å². The Labute approximate surface area is 113 Å². The molecule has 0 aliphatic carbocycles. The monoisotopic (exact) mass is 304 g/mol. The highest BCUT2D eigenvalue weighted by molar-refractivity contribution is 7.93. The lowest BCUT2D eigenvalue weighted by atomic mass is 10.4. The number of anilines is 1. The number of hydrogen-bond donors (Lipinski definition) is 2. The summed E-state index contributed by atoms with van der Waals surface area (Å²) in [6, 6.07) is 5.83. The van der Waals surface area contributed by atoms with Crippen LogP contribution >= 0.6 is 22.9 Å². The van der Waals surface area contributed by atoms with Crippen LogP contribution in [0, 0.1) is 0 Å². The second kappa shape index (κ2) is 5.19. The minimum absolute atomic E-state index is 0.108. The van der Waals surface area contributed by atoms with Crippen LogP contribution < -0.4 is 10.5 Å². The van der Waals surface area contributed by atoms with Crippen molar-refractivity contribution >= 4 is 38.1 Å². The molecule has 0 spiro atoms. The zero-order chi connectivity index (χ0) is 13.2. The van der Waals surface area contributed by atoms with E-state index in [1.807, 2.05) is 0 Å². The molecule has 96 valence electrons. The molecular weight excluding hydrogens is 296 g/mol. The Hall–Kier alpha value is -1.22. The molecule has 0 radical (unpaired) electrons. The highest BCUT2D eigenvalue weighted by Gasteiger charge is 2.16. The van der Waals surface area contributed by atoms with E-state index in [4.69, 9.17) is 17.3 Å². The van der Waals surface area contributed by atoms with Crippen LogP contribution in [0.1, 0.15) is 5.01 Å². The summed E-state index contributed by atoms with van der Waals surface area (Å²) >= 11 is 6.79. The molecule has 0 aliphatic rings. The summed E-state index contributed by atoms with van der Waals surface area (Å²) in [5.41, 5.74) is 5.37. The van der Waals surface area contributed by atoms with Gasteiger partial charge in [0.2, 0.25) is 5.13 Å². The number of nitrogens with one attached hydrogen (secondary N) is 1. The van der Waals surface area contributed by atoms with Gasteiger partial charge in [-0.05, 0) is 24.3 Å². The number of benzene rings is 1. The van der Waals surface area contributed by atoms with Crippen LogP contribution in [0.15, 0.2) is 29.2 Å². The topological polar surface area (TPSA) is 98.0 Å². The zero-order valence-electron chi connectivity index (χ0n) is 9.00. The van der Waals surface area contributed by atoms with Gasteiger partial charge >= 0.3 is 0 Å². The summed E-state index contributed by atoms with van der Waals surface area (Å²) in [7, 11) is -3.67. The van der Waals surface area contributed by atoms with Gasteiger partial charge in [0.25, 0.3) is 10.0 Å². The quantitative estimate of drug-likeness (QED) is 0.891. The van der Waals surface area contributed by atoms with Gasteiger partial charge in [0, 0.05) is 11.6 Å². The van der Waals surface area contributed by atoms with E-state index in [0.29, 0.717) is 10.0 Å². The third-order valence-corrected chi connectivity index (χ3v) is 4.58. The molecule has 1 heterocycles. The highest BCUT2D eigenvalue weighted by atomic mass is 35.5. The van der Waals surface area contributed by atoms with Gasteiger partial charge in [0.05, 0.1) is 4.90 Å². The minimum atomic E-state index is -3.67. The average Bonchev–Trinajstić information content (AvgIpc) is 2.76. The molecule has 0 unspecified atom stereocenters. The third kappa shape index (κ3) is 2.96. The van der Waals surface area contributed by atoms with Gasteiger partial charge in [-0.1, -0.05) is 22.9 Å². The SMILES string of the molecule is NCc1nnc(NS(=O)(=O)c2ccc(Cl)cc2)s1. The van der Waals surface area contributed by atoms with Crippen LogP contribution in [-0.2, 0) is 16.6 Å². The molecule has 0 amide bonds. The largest absolute Gasteiger partial charge is 0.324 e. The molecule has 2 rings (SSSR count). The van der Waals surface area contributed by atoms with Crippen molar-refractivity contribution in [3.05, 3.63) is 34.3 Å². The molecule has 0 aliphatic heterocycles. The van der Waals surface area contributed by atoms with Gasteiger partial charge in [-0.3, -0.25) is 4.72 Å². The predicted octanol–water partition coefficient (Wildman–Crippen LogP) is 1.45. The lowest BCUT2D eigenvalue weighted by Crippen LogP contribution is -2.12. The van der Waals surface area contributed by atoms with E-state index < -0.39 is 10.0 Å². The smallest absolute Gasteiger partial charge is 0.263 e. The number of sulfonamides is 1. The fourth-order valence-corrected chi connectivity index (χ4v) is 3.14. The molecule has 6 nitrogen and oxygen atoms in total. The maximum Gasteiger partial charge on any atom is 0.263 e. The number of rotatable bonds is 4. The molecule has 0 saturated heterocycles. The maximum atomic E-state index is 12.0. The van der Waals surface area contributed by atoms with Crippen LogP contribution in [-0.4, -0.2) is 18.6 Å². The molecule has 3 N–H and O–H groups in total. The normalized spacial score (nSPS) is 11.4. The predicted molar refractivity (Wildman–Crippen MR) is 70.1 cm³/mol. The van der Waals surface area contributed by atoms with Crippen molar-refractivity contribution in [3.63, 3.8) is 0 Å². The van der Waals surface area contributed by atoms with Gasteiger partial charge in [-0.2, -0.15) is 0 Å². The molecule has 0 atom stereocenters. The number of aromatic nitrogens is 2. The molecule has 0 fully saturated rings. The molecule has 18 heavy (non-hydrogen) atoms. The van der Waals surface area contributed by atoms with E-state index in [9.17, 15) is 8.42 Å². The molecule has 1 aromatic heterocycles. The second-order valence-electron chi connectivity index (χ2n) is 3.26. The molecule has 2 aromatic rings. The summed E-state index contributed by atoms with van der Waals surface area (Å²) in [6.07, 6.45) is 0. The van der Waals surface area contributed by atoms with E-state index in [1.54, 1.807) is 0 Å². The first-order valence-electron chi connectivity index (χ1n) is 4.82. The molecule has 0 saturated carbocycles. The fourth-order valence-electron chi connectivity index (χ4n) is 1.16. The number of nitrogens with zero attached hydrogens (tertiary/aromatic N) is 2. The van der Waals surface area contributed by atoms with Crippen molar-refractivity contribution in [1.82, 2.24) is 10.2 Å². The number of hydrogen-bond acceptors (Lipinski definition) is 6. The number of halogens is 1. The van der Waals surface area contributed by atoms with Crippen LogP contribution in [0.25, 0.3) is 0 Å². The molecule has 9 heteroatoms. The van der Waals surface area contributed by atoms with E-state index in [2.05, 4.69) is 14.9 Å². The Morgan fingerprint density at radius 3 is 2.50 bits per heavy atom. The molecule has 0 bridgehead atoms. The number of nitrogens with two attached hydrogens (primary N) is 1. The summed E-state index contributed by atoms with van der Waals surface area (Å²) in [5.74, 6) is 0. The van der Waals surface area contributed by atoms with Gasteiger partial charge < -0.3 is 5.73 Å². The van der Waals surface area contributed by atoms with E-state index in [1.165, 1.54) is 24.3 Å². The van der Waals surface area contributed by atoms with E-state index in [0.717, 1.165) is 11.3 Å². The summed E-state index contributed by atoms with van der Waals surface area (Å²) in [4.78, 5) is 0.108. The average molecular weight is 305 g/mol. The summed E-state index contributed by atoms with van der Waals surface area (Å²) in [5, 5.41) is 8.62. The molecule has 1 aromatic carbocycles. The first-order valence-corrected chi connectivity index (χ1v) is 7.50. The van der Waals surface area contributed by atoms with Gasteiger partial charge in [0.1, 0.15) is 5.01 Å². The van der Waals surface area contributed by atoms with Crippen LogP contribution in [0.3, 0.4) is 0 Å². The van der Waals surface area contributed by atoms with Crippen molar-refractivity contribution in [2.45, 2.75) is 11.4 Å². The Morgan fingerprint density at radius 1 is 1.28 bits per heavy atom. The van der Waals surface area contributed by atoms with Gasteiger partial charge in [0.15, 0.2) is 0 Å². The van der Waals surface area contributed by atoms with Gasteiger partial charge in [-0.15, -0.1) is 10.2 Å². The standard InChI is InChI=1S/C9H9ClN4O2S2/c10-6-1-3-7(4-2-6)18(15,16)14-9-13-12-8(5-11)17-9/h1-4H,5,11H2,(H,13,14). The van der Waals surface area contributed by atoms with Crippen LogP contribution in [0.5, 0.6) is 0 Å². The van der Waals surface area contributed by atoms with Crippen molar-refractivity contribution in [2.24, 2.45) is 5.73 Å². The summed E-state index contributed by atoms with van der Waals surface area (Å²) < 4.78 is 26.3. The van der Waals surface area contributed by atoms with Crippen LogP contribution in [0.4, 0.5) is 5.13 Å². The molecular formula is C9H9ClN4O2S2. The lowest BCUT2D eigenvalue weighted by Gasteiger charge is -2.04. The second-order valence-corrected chi connectivity index (χ2v) is 6.45. The van der Waals surface area contributed by atoms with Crippen molar-refractivity contribution in [1.29, 1.82) is 0 Å². The Morgan fingerprint density at radius 2 is 1.94 bits per heavy atom. The minimum Gasteiger partial charge on any atom is -0.324 e. The van der Waals surface area contributed by atoms with Crippen molar-refractivity contribution in [3.8, 4) is 0 Å². The van der Waals surface area contributed by atoms with E-state index in [-0.39, 0.29) is 16.6 Å². The fraction of sp³-hybridized carbons (Fsp3) is 0.111. The Bertz CT molecular complexity index is 639. The van der Waals surface area contributed by atoms with Gasteiger partial charge in [-0.25, -0.2) is 8.42 Å². The first kappa shape index (κ1) is 13.2. The summed E-state index contributed by atoms with van der Waals surface area (Å²) in [6.45, 7) is 0.223. The lowest BCUT2D eigenvalue weighted by molar-refractivity contribution is 0.601. The van der Waals surface area contributed by atoms with Crippen LogP contribution in [0.2, 0.25) is 5.02 Å². The first-order chi connectivity index (χ1) is 8.51. The Balaban J connectivity index is 2.24. The maximum absolute atomic E-state index is 12.0. The Kier molecular flexibility index (Phi) is 3.81. The zero-order valence-corrected chi connectivity index (χ0v) is 11.4. The van der Waals surface area contributed by atoms with E-state index >= 15 is 0 Å². The van der Waals surface area contributed by atoms with Crippen molar-refractivity contribution < 1.29 is 8.42 Å². The highest BCUT2D eigenvalue weighted by Crippen LogP contribution is 2.20.